The zero-order valence-electron chi connectivity index (χ0n) is 25.3. The Morgan fingerprint density at radius 2 is 1.69 bits per heavy atom. The van der Waals surface area contributed by atoms with Crippen molar-refractivity contribution in [3.05, 3.63) is 96.2 Å². The van der Waals surface area contributed by atoms with Crippen LogP contribution in [0, 0.1) is 5.82 Å². The Morgan fingerprint density at radius 1 is 1.00 bits per heavy atom. The number of nitrogens with one attached hydrogen (secondary N) is 1. The quantitative estimate of drug-likeness (QED) is 0.250. The van der Waals surface area contributed by atoms with Crippen molar-refractivity contribution in [1.29, 1.82) is 0 Å². The van der Waals surface area contributed by atoms with E-state index < -0.39 is 29.4 Å². The van der Waals surface area contributed by atoms with Crippen molar-refractivity contribution in [2.24, 2.45) is 0 Å². The second-order valence-electron chi connectivity index (χ2n) is 11.8. The number of amides is 2. The van der Waals surface area contributed by atoms with E-state index in [1.165, 1.54) is 30.5 Å². The third-order valence-electron chi connectivity index (χ3n) is 7.24. The van der Waals surface area contributed by atoms with Gasteiger partial charge in [-0.05, 0) is 63.9 Å². The fourth-order valence-electron chi connectivity index (χ4n) is 4.94. The molecule has 1 aliphatic heterocycles. The summed E-state index contributed by atoms with van der Waals surface area (Å²) in [4.78, 5) is 45.0. The molecule has 0 radical (unpaired) electrons. The van der Waals surface area contributed by atoms with Gasteiger partial charge >= 0.3 is 12.1 Å². The summed E-state index contributed by atoms with van der Waals surface area (Å²) in [6, 6.07) is 15.4. The summed E-state index contributed by atoms with van der Waals surface area (Å²) in [7, 11) is 0. The van der Waals surface area contributed by atoms with Crippen LogP contribution in [0.1, 0.15) is 61.7 Å². The van der Waals surface area contributed by atoms with Crippen LogP contribution in [0.3, 0.4) is 0 Å². The summed E-state index contributed by atoms with van der Waals surface area (Å²) in [6.45, 7) is 6.62. The Hall–Kier alpha value is -5.26. The Labute approximate surface area is 260 Å². The van der Waals surface area contributed by atoms with Gasteiger partial charge in [0.15, 0.2) is 0 Å². The molecule has 1 saturated heterocycles. The topological polar surface area (TPSA) is 142 Å². The lowest BCUT2D eigenvalue weighted by Crippen LogP contribution is -2.42. The summed E-state index contributed by atoms with van der Waals surface area (Å²) in [6.07, 6.45) is 4.84. The molecule has 1 atom stereocenters. The number of esters is 1. The van der Waals surface area contributed by atoms with Crippen LogP contribution in [-0.2, 0) is 14.3 Å². The van der Waals surface area contributed by atoms with Crippen molar-refractivity contribution in [3.8, 4) is 11.1 Å². The fourth-order valence-corrected chi connectivity index (χ4v) is 4.94. The summed E-state index contributed by atoms with van der Waals surface area (Å²) in [5.74, 6) is -1.97. The van der Waals surface area contributed by atoms with E-state index in [0.717, 1.165) is 0 Å². The number of ether oxygens (including phenoxy) is 2. The first kappa shape index (κ1) is 31.2. The van der Waals surface area contributed by atoms with E-state index in [1.54, 1.807) is 47.5 Å². The minimum atomic E-state index is -1.32. The van der Waals surface area contributed by atoms with Gasteiger partial charge in [-0.25, -0.2) is 19.0 Å². The average Bonchev–Trinajstić information content (AvgIpc) is 3.51. The number of aromatic nitrogens is 3. The van der Waals surface area contributed by atoms with Crippen LogP contribution in [0.2, 0.25) is 0 Å². The number of nitrogen functional groups attached to an aromatic ring is 1. The number of rotatable bonds is 7. The van der Waals surface area contributed by atoms with Crippen molar-refractivity contribution < 1.29 is 28.2 Å². The van der Waals surface area contributed by atoms with Gasteiger partial charge in [-0.3, -0.25) is 9.48 Å². The first-order valence-corrected chi connectivity index (χ1v) is 14.6. The molecule has 3 N–H and O–H groups in total. The van der Waals surface area contributed by atoms with Gasteiger partial charge in [0.05, 0.1) is 12.2 Å². The van der Waals surface area contributed by atoms with Crippen molar-refractivity contribution >= 4 is 29.5 Å². The van der Waals surface area contributed by atoms with Crippen molar-refractivity contribution in [2.75, 3.05) is 24.1 Å². The summed E-state index contributed by atoms with van der Waals surface area (Å²) >= 11 is 0. The van der Waals surface area contributed by atoms with Crippen molar-refractivity contribution in [1.82, 2.24) is 19.7 Å². The maximum absolute atomic E-state index is 13.4. The molecule has 12 heteroatoms. The summed E-state index contributed by atoms with van der Waals surface area (Å²) < 4.78 is 26.4. The second-order valence-corrected chi connectivity index (χ2v) is 11.8. The Bertz CT molecular complexity index is 1660. The predicted molar refractivity (Wildman–Crippen MR) is 166 cm³/mol. The molecular weight excluding hydrogens is 579 g/mol. The van der Waals surface area contributed by atoms with E-state index in [4.69, 9.17) is 15.2 Å². The van der Waals surface area contributed by atoms with Crippen LogP contribution < -0.4 is 11.1 Å². The third-order valence-corrected chi connectivity index (χ3v) is 7.24. The van der Waals surface area contributed by atoms with Crippen LogP contribution in [-0.4, -0.2) is 56.3 Å². The number of benzene rings is 2. The molecule has 4 aromatic rings. The van der Waals surface area contributed by atoms with Gasteiger partial charge in [-0.2, -0.15) is 5.10 Å². The first-order chi connectivity index (χ1) is 21.5. The first-order valence-electron chi connectivity index (χ1n) is 14.6. The molecule has 234 valence electrons. The molecule has 1 aliphatic rings. The largest absolute Gasteiger partial charge is 0.444 e. The van der Waals surface area contributed by atoms with Gasteiger partial charge in [0.1, 0.15) is 22.8 Å². The SMILES string of the molecule is CC(C)(C)OC(=O)N1CCC(n2cc(-c3cnc(N)c(C(=O)O[C@@H](C(=O)Nc4ccc(F)cc4)c4ccccc4)c3)cn2)CC1. The number of pyridine rings is 1. The number of likely N-dealkylation sites (tertiary alicyclic amines) is 1. The number of hydrogen-bond acceptors (Lipinski definition) is 8. The van der Waals surface area contributed by atoms with Gasteiger partial charge in [0.25, 0.3) is 5.91 Å². The molecule has 3 heterocycles. The van der Waals surface area contributed by atoms with Crippen LogP contribution in [0.5, 0.6) is 0 Å². The lowest BCUT2D eigenvalue weighted by Gasteiger charge is -2.33. The van der Waals surface area contributed by atoms with Gasteiger partial charge in [0, 0.05) is 47.9 Å². The number of nitrogens with two attached hydrogens (primary N) is 1. The highest BCUT2D eigenvalue weighted by Gasteiger charge is 2.29. The molecule has 45 heavy (non-hydrogen) atoms. The zero-order chi connectivity index (χ0) is 32.1. The molecular formula is C33H35FN6O5. The molecule has 0 saturated carbocycles. The maximum Gasteiger partial charge on any atom is 0.410 e. The lowest BCUT2D eigenvalue weighted by molar-refractivity contribution is -0.125. The van der Waals surface area contributed by atoms with E-state index >= 15 is 0 Å². The van der Waals surface area contributed by atoms with E-state index in [0.29, 0.717) is 48.3 Å². The monoisotopic (exact) mass is 614 g/mol. The van der Waals surface area contributed by atoms with Crippen LogP contribution in [0.15, 0.2) is 79.3 Å². The number of carbonyl (C=O) groups excluding carboxylic acids is 3. The normalized spacial score (nSPS) is 14.4. The number of anilines is 2. The minimum Gasteiger partial charge on any atom is -0.444 e. The second kappa shape index (κ2) is 13.2. The lowest BCUT2D eigenvalue weighted by atomic mass is 10.1. The van der Waals surface area contributed by atoms with Crippen LogP contribution >= 0.6 is 0 Å². The number of carbonyl (C=O) groups is 3. The number of piperidine rings is 1. The van der Waals surface area contributed by atoms with E-state index in [1.807, 2.05) is 31.6 Å². The highest BCUT2D eigenvalue weighted by atomic mass is 19.1. The number of halogens is 1. The standard InChI is InChI=1S/C33H35FN6O5/c1-33(2,3)45-32(43)39-15-13-26(14-16-39)40-20-23(19-37-40)22-17-27(29(35)36-18-22)31(42)44-28(21-7-5-4-6-8-21)30(41)38-25-11-9-24(34)10-12-25/h4-12,17-20,26,28H,13-16H2,1-3H3,(H2,35,36)(H,38,41)/t28-/m1/s1. The van der Waals surface area contributed by atoms with E-state index in [-0.39, 0.29) is 23.5 Å². The van der Waals surface area contributed by atoms with Gasteiger partial charge in [-0.1, -0.05) is 30.3 Å². The zero-order valence-corrected chi connectivity index (χ0v) is 25.3. The smallest absolute Gasteiger partial charge is 0.410 e. The van der Waals surface area contributed by atoms with Gasteiger partial charge in [0.2, 0.25) is 6.10 Å². The molecule has 0 aliphatic carbocycles. The molecule has 2 aromatic heterocycles. The summed E-state index contributed by atoms with van der Waals surface area (Å²) in [5, 5.41) is 7.19. The van der Waals surface area contributed by atoms with Gasteiger partial charge < -0.3 is 25.4 Å². The Morgan fingerprint density at radius 3 is 2.36 bits per heavy atom. The number of nitrogens with zero attached hydrogens (tertiary/aromatic N) is 4. The summed E-state index contributed by atoms with van der Waals surface area (Å²) in [5.41, 5.74) is 7.59. The predicted octanol–water partition coefficient (Wildman–Crippen LogP) is 5.78. The average molecular weight is 615 g/mol. The van der Waals surface area contributed by atoms with Crippen LogP contribution in [0.25, 0.3) is 11.1 Å². The third kappa shape index (κ3) is 7.83. The molecule has 0 spiro atoms. The highest BCUT2D eigenvalue weighted by Crippen LogP contribution is 2.29. The molecule has 0 unspecified atom stereocenters. The fraction of sp³-hybridized carbons (Fsp3) is 0.303. The van der Waals surface area contributed by atoms with Crippen molar-refractivity contribution in [3.63, 3.8) is 0 Å². The maximum atomic E-state index is 13.4. The Balaban J connectivity index is 1.29. The van der Waals surface area contributed by atoms with E-state index in [9.17, 15) is 18.8 Å². The Kier molecular flexibility index (Phi) is 9.12. The number of hydrogen-bond donors (Lipinski definition) is 2. The highest BCUT2D eigenvalue weighted by molar-refractivity contribution is 6.00. The molecule has 5 rings (SSSR count). The van der Waals surface area contributed by atoms with Gasteiger partial charge in [-0.15, -0.1) is 0 Å². The van der Waals surface area contributed by atoms with Crippen molar-refractivity contribution in [2.45, 2.75) is 51.4 Å². The van der Waals surface area contributed by atoms with Crippen LogP contribution in [0.4, 0.5) is 20.7 Å². The molecule has 1 fully saturated rings. The molecule has 0 bridgehead atoms. The minimum absolute atomic E-state index is 0.0126. The molecule has 2 amide bonds. The van der Waals surface area contributed by atoms with E-state index in [2.05, 4.69) is 15.4 Å². The molecule has 2 aromatic carbocycles. The molecule has 11 nitrogen and oxygen atoms in total.